The molecule has 0 saturated carbocycles. The number of benzene rings is 1. The minimum Gasteiger partial charge on any atom is -0.334 e. The summed E-state index contributed by atoms with van der Waals surface area (Å²) in [5, 5.41) is 6.26. The minimum absolute atomic E-state index is 0.0116. The summed E-state index contributed by atoms with van der Waals surface area (Å²) in [5.74, 6) is -0.174. The van der Waals surface area contributed by atoms with Crippen molar-refractivity contribution < 1.29 is 14.4 Å². The number of carbonyl (C=O) groups is 3. The number of hydrogen-bond donors (Lipinski definition) is 1. The molecule has 0 aliphatic carbocycles. The summed E-state index contributed by atoms with van der Waals surface area (Å²) < 4.78 is 0. The molecule has 2 aliphatic rings. The van der Waals surface area contributed by atoms with Crippen molar-refractivity contribution in [2.45, 2.75) is 65.3 Å². The Morgan fingerprint density at radius 3 is 2.35 bits per heavy atom. The molecule has 0 spiro atoms. The average Bonchev–Trinajstić information content (AvgIpc) is 2.74. The van der Waals surface area contributed by atoms with Crippen molar-refractivity contribution in [2.24, 2.45) is 5.92 Å². The van der Waals surface area contributed by atoms with Gasteiger partial charge in [-0.3, -0.25) is 9.59 Å². The molecule has 1 aromatic carbocycles. The van der Waals surface area contributed by atoms with E-state index < -0.39 is 12.2 Å². The SMILES string of the molecule is CCC(CC)N1C[C@H]2N(C(=O)CN(C)N2C(=O)NCc2ccccc2)[C@@H](C(C)C)C1=O. The van der Waals surface area contributed by atoms with Gasteiger partial charge in [-0.25, -0.2) is 14.8 Å². The number of nitrogens with zero attached hydrogens (tertiary/aromatic N) is 4. The van der Waals surface area contributed by atoms with Gasteiger partial charge in [0.1, 0.15) is 12.2 Å². The van der Waals surface area contributed by atoms with E-state index in [4.69, 9.17) is 0 Å². The van der Waals surface area contributed by atoms with E-state index in [2.05, 4.69) is 19.2 Å². The Balaban J connectivity index is 1.90. The highest BCUT2D eigenvalue weighted by molar-refractivity contribution is 5.91. The number of rotatable bonds is 6. The van der Waals surface area contributed by atoms with Crippen LogP contribution in [-0.4, -0.2) is 76.0 Å². The molecule has 3 rings (SSSR count). The number of urea groups is 1. The number of likely N-dealkylation sites (N-methyl/N-ethyl adjacent to an activating group) is 1. The summed E-state index contributed by atoms with van der Waals surface area (Å²) in [5.41, 5.74) is 1.00. The van der Waals surface area contributed by atoms with Gasteiger partial charge in [-0.2, -0.15) is 0 Å². The van der Waals surface area contributed by atoms with Crippen molar-refractivity contribution in [3.63, 3.8) is 0 Å². The highest BCUT2D eigenvalue weighted by Crippen LogP contribution is 2.31. The Labute approximate surface area is 185 Å². The average molecular weight is 430 g/mol. The molecule has 0 unspecified atom stereocenters. The van der Waals surface area contributed by atoms with Gasteiger partial charge in [0.15, 0.2) is 0 Å². The molecule has 2 fully saturated rings. The van der Waals surface area contributed by atoms with Crippen molar-refractivity contribution in [2.75, 3.05) is 20.1 Å². The zero-order chi connectivity index (χ0) is 22.7. The first kappa shape index (κ1) is 23.1. The predicted octanol–water partition coefficient (Wildman–Crippen LogP) is 2.27. The van der Waals surface area contributed by atoms with E-state index in [-0.39, 0.29) is 36.3 Å². The molecule has 1 N–H and O–H groups in total. The van der Waals surface area contributed by atoms with Crippen LogP contribution < -0.4 is 5.32 Å². The zero-order valence-electron chi connectivity index (χ0n) is 19.2. The van der Waals surface area contributed by atoms with Gasteiger partial charge in [-0.15, -0.1) is 0 Å². The first-order valence-corrected chi connectivity index (χ1v) is 11.2. The maximum absolute atomic E-state index is 13.4. The second-order valence-electron chi connectivity index (χ2n) is 8.74. The standard InChI is InChI=1S/C23H35N5O3/c1-6-18(7-2)26-14-19-27(21(16(3)4)22(26)30)20(29)15-25(5)28(19)23(31)24-13-17-11-9-8-10-12-17/h8-12,16,18-19,21H,6-7,13-15H2,1-5H3,(H,24,31)/t19-,21-/m0/s1. The molecule has 1 aromatic rings. The van der Waals surface area contributed by atoms with Crippen LogP contribution in [0, 0.1) is 5.92 Å². The van der Waals surface area contributed by atoms with Crippen molar-refractivity contribution in [3.8, 4) is 0 Å². The lowest BCUT2D eigenvalue weighted by atomic mass is 9.94. The van der Waals surface area contributed by atoms with Crippen LogP contribution >= 0.6 is 0 Å². The summed E-state index contributed by atoms with van der Waals surface area (Å²) in [6.07, 6.45) is 1.15. The largest absolute Gasteiger partial charge is 0.334 e. The third kappa shape index (κ3) is 4.54. The molecular formula is C23H35N5O3. The first-order valence-electron chi connectivity index (χ1n) is 11.2. The summed E-state index contributed by atoms with van der Waals surface area (Å²) in [6, 6.07) is 8.97. The van der Waals surface area contributed by atoms with Gasteiger partial charge in [0, 0.05) is 19.6 Å². The molecule has 4 amide bonds. The number of hydrogen-bond acceptors (Lipinski definition) is 4. The molecule has 8 heteroatoms. The molecule has 8 nitrogen and oxygen atoms in total. The van der Waals surface area contributed by atoms with Crippen molar-refractivity contribution in [1.29, 1.82) is 0 Å². The molecule has 2 aliphatic heterocycles. The van der Waals surface area contributed by atoms with Crippen molar-refractivity contribution in [3.05, 3.63) is 35.9 Å². The minimum atomic E-state index is -0.565. The number of amides is 4. The molecule has 0 bridgehead atoms. The first-order chi connectivity index (χ1) is 14.8. The maximum Gasteiger partial charge on any atom is 0.334 e. The van der Waals surface area contributed by atoms with Crippen LogP contribution in [0.15, 0.2) is 30.3 Å². The van der Waals surface area contributed by atoms with E-state index in [1.165, 1.54) is 0 Å². The Kier molecular flexibility index (Phi) is 7.20. The highest BCUT2D eigenvalue weighted by atomic mass is 16.2. The fraction of sp³-hybridized carbons (Fsp3) is 0.609. The number of piperazine rings is 1. The second kappa shape index (κ2) is 9.68. The fourth-order valence-corrected chi connectivity index (χ4v) is 4.74. The Morgan fingerprint density at radius 2 is 1.77 bits per heavy atom. The number of hydrazine groups is 1. The normalized spacial score (nSPS) is 22.4. The van der Waals surface area contributed by atoms with Crippen molar-refractivity contribution in [1.82, 2.24) is 25.1 Å². The van der Waals surface area contributed by atoms with Crippen LogP contribution in [0.5, 0.6) is 0 Å². The molecule has 0 radical (unpaired) electrons. The molecular weight excluding hydrogens is 394 g/mol. The van der Waals surface area contributed by atoms with Crippen LogP contribution in [-0.2, 0) is 16.1 Å². The predicted molar refractivity (Wildman–Crippen MR) is 118 cm³/mol. The molecule has 2 saturated heterocycles. The van der Waals surface area contributed by atoms with E-state index >= 15 is 0 Å². The van der Waals surface area contributed by atoms with Crippen LogP contribution in [0.3, 0.4) is 0 Å². The summed E-state index contributed by atoms with van der Waals surface area (Å²) in [6.45, 7) is 8.84. The van der Waals surface area contributed by atoms with Gasteiger partial charge in [0.25, 0.3) is 0 Å². The van der Waals surface area contributed by atoms with E-state index in [1.54, 1.807) is 22.0 Å². The van der Waals surface area contributed by atoms with Gasteiger partial charge >= 0.3 is 6.03 Å². The third-order valence-electron chi connectivity index (χ3n) is 6.33. The highest BCUT2D eigenvalue weighted by Gasteiger charge is 2.52. The molecule has 170 valence electrons. The smallest absolute Gasteiger partial charge is 0.334 e. The van der Waals surface area contributed by atoms with E-state index in [1.807, 2.05) is 49.1 Å². The zero-order valence-corrected chi connectivity index (χ0v) is 19.2. The van der Waals surface area contributed by atoms with E-state index in [9.17, 15) is 14.4 Å². The van der Waals surface area contributed by atoms with Crippen molar-refractivity contribution >= 4 is 17.8 Å². The molecule has 2 atom stereocenters. The lowest BCUT2D eigenvalue weighted by Gasteiger charge is -2.56. The van der Waals surface area contributed by atoms with Crippen LogP contribution in [0.25, 0.3) is 0 Å². The van der Waals surface area contributed by atoms with Gasteiger partial charge in [0.2, 0.25) is 11.8 Å². The maximum atomic E-state index is 13.4. The lowest BCUT2D eigenvalue weighted by molar-refractivity contribution is -0.192. The van der Waals surface area contributed by atoms with Crippen LogP contribution in [0.1, 0.15) is 46.1 Å². The summed E-state index contributed by atoms with van der Waals surface area (Å²) >= 11 is 0. The number of carbonyl (C=O) groups excluding carboxylic acids is 3. The topological polar surface area (TPSA) is 76.2 Å². The summed E-state index contributed by atoms with van der Waals surface area (Å²) in [7, 11) is 1.75. The fourth-order valence-electron chi connectivity index (χ4n) is 4.74. The van der Waals surface area contributed by atoms with Gasteiger partial charge in [0.05, 0.1) is 13.1 Å². The Morgan fingerprint density at radius 1 is 1.13 bits per heavy atom. The van der Waals surface area contributed by atoms with E-state index in [0.717, 1.165) is 18.4 Å². The lowest BCUT2D eigenvalue weighted by Crippen LogP contribution is -2.77. The Hall–Kier alpha value is -2.61. The van der Waals surface area contributed by atoms with Gasteiger partial charge in [-0.1, -0.05) is 58.0 Å². The van der Waals surface area contributed by atoms with Crippen LogP contribution in [0.2, 0.25) is 0 Å². The quantitative estimate of drug-likeness (QED) is 0.753. The van der Waals surface area contributed by atoms with Gasteiger partial charge < -0.3 is 15.1 Å². The number of fused-ring (bicyclic) bond motifs is 1. The molecule has 0 aromatic heterocycles. The molecule has 31 heavy (non-hydrogen) atoms. The number of nitrogens with one attached hydrogen (secondary N) is 1. The Bertz CT molecular complexity index is 796. The monoisotopic (exact) mass is 429 g/mol. The van der Waals surface area contributed by atoms with Crippen LogP contribution in [0.4, 0.5) is 4.79 Å². The van der Waals surface area contributed by atoms with Gasteiger partial charge in [-0.05, 0) is 24.3 Å². The second-order valence-corrected chi connectivity index (χ2v) is 8.74. The van der Waals surface area contributed by atoms with E-state index in [0.29, 0.717) is 13.1 Å². The molecule has 2 heterocycles. The summed E-state index contributed by atoms with van der Waals surface area (Å²) in [4.78, 5) is 43.2. The third-order valence-corrected chi connectivity index (χ3v) is 6.33.